The lowest BCUT2D eigenvalue weighted by Crippen LogP contribution is -2.44. The molecular formula is C17H19N3O. The average Bonchev–Trinajstić information content (AvgIpc) is 2.54. The van der Waals surface area contributed by atoms with Gasteiger partial charge in [-0.05, 0) is 29.8 Å². The van der Waals surface area contributed by atoms with Gasteiger partial charge in [-0.3, -0.25) is 5.01 Å². The first kappa shape index (κ1) is 13.5. The van der Waals surface area contributed by atoms with E-state index in [4.69, 9.17) is 0 Å². The molecule has 0 amide bonds. The Morgan fingerprint density at radius 3 is 2.38 bits per heavy atom. The van der Waals surface area contributed by atoms with Crippen LogP contribution < -0.4 is 4.90 Å². The first-order valence-electron chi connectivity index (χ1n) is 7.19. The van der Waals surface area contributed by atoms with Crippen LogP contribution in [0, 0.1) is 0 Å². The van der Waals surface area contributed by atoms with E-state index in [9.17, 15) is 5.11 Å². The lowest BCUT2D eigenvalue weighted by atomic mass is 10.2. The van der Waals surface area contributed by atoms with Gasteiger partial charge in [-0.1, -0.05) is 30.3 Å². The highest BCUT2D eigenvalue weighted by molar-refractivity contribution is 5.79. The van der Waals surface area contributed by atoms with Gasteiger partial charge in [0.1, 0.15) is 5.75 Å². The molecule has 1 N–H and O–H groups in total. The van der Waals surface area contributed by atoms with E-state index in [0.717, 1.165) is 31.7 Å². The lowest BCUT2D eigenvalue weighted by Gasteiger charge is -2.34. The lowest BCUT2D eigenvalue weighted by molar-refractivity contribution is 0.272. The molecule has 0 bridgehead atoms. The number of benzene rings is 2. The van der Waals surface area contributed by atoms with Gasteiger partial charge in [0.15, 0.2) is 0 Å². The second-order valence-corrected chi connectivity index (χ2v) is 5.12. The largest absolute Gasteiger partial charge is 0.508 e. The molecule has 1 aliphatic rings. The summed E-state index contributed by atoms with van der Waals surface area (Å²) in [5.41, 5.74) is 2.19. The minimum atomic E-state index is 0.271. The van der Waals surface area contributed by atoms with Gasteiger partial charge in [0.05, 0.1) is 19.3 Å². The third kappa shape index (κ3) is 3.54. The van der Waals surface area contributed by atoms with E-state index in [1.807, 2.05) is 18.2 Å². The number of hydrogen-bond acceptors (Lipinski definition) is 4. The van der Waals surface area contributed by atoms with Crippen LogP contribution >= 0.6 is 0 Å². The minimum absolute atomic E-state index is 0.271. The first-order valence-corrected chi connectivity index (χ1v) is 7.19. The van der Waals surface area contributed by atoms with E-state index in [0.29, 0.717) is 0 Å². The van der Waals surface area contributed by atoms with Gasteiger partial charge in [-0.25, -0.2) is 0 Å². The number of rotatable bonds is 3. The van der Waals surface area contributed by atoms with E-state index in [-0.39, 0.29) is 5.75 Å². The van der Waals surface area contributed by atoms with Gasteiger partial charge in [0.2, 0.25) is 0 Å². The molecule has 1 saturated heterocycles. The van der Waals surface area contributed by atoms with Gasteiger partial charge in [0.25, 0.3) is 0 Å². The summed E-state index contributed by atoms with van der Waals surface area (Å²) in [6.45, 7) is 3.76. The molecule has 0 saturated carbocycles. The van der Waals surface area contributed by atoms with Crippen LogP contribution in [0.2, 0.25) is 0 Å². The molecule has 2 aromatic rings. The Hall–Kier alpha value is -2.49. The molecule has 0 aliphatic carbocycles. The smallest absolute Gasteiger partial charge is 0.116 e. The van der Waals surface area contributed by atoms with Crippen LogP contribution in [0.3, 0.4) is 0 Å². The zero-order chi connectivity index (χ0) is 14.5. The number of nitrogens with zero attached hydrogens (tertiary/aromatic N) is 3. The van der Waals surface area contributed by atoms with Crippen LogP contribution in [0.4, 0.5) is 5.69 Å². The van der Waals surface area contributed by atoms with Crippen LogP contribution in [-0.4, -0.2) is 42.5 Å². The van der Waals surface area contributed by atoms with E-state index >= 15 is 0 Å². The van der Waals surface area contributed by atoms with Crippen LogP contribution in [-0.2, 0) is 0 Å². The summed E-state index contributed by atoms with van der Waals surface area (Å²) in [4.78, 5) is 2.38. The summed E-state index contributed by atoms with van der Waals surface area (Å²) in [5, 5.41) is 16.0. The van der Waals surface area contributed by atoms with Crippen molar-refractivity contribution in [3.63, 3.8) is 0 Å². The third-order valence-electron chi connectivity index (χ3n) is 3.62. The third-order valence-corrected chi connectivity index (χ3v) is 3.62. The highest BCUT2D eigenvalue weighted by atomic mass is 16.3. The van der Waals surface area contributed by atoms with Crippen molar-refractivity contribution in [2.75, 3.05) is 31.1 Å². The number of para-hydroxylation sites is 1. The number of aromatic hydroxyl groups is 1. The Balaban J connectivity index is 1.56. The highest BCUT2D eigenvalue weighted by Crippen LogP contribution is 2.15. The zero-order valence-electron chi connectivity index (χ0n) is 11.9. The van der Waals surface area contributed by atoms with Gasteiger partial charge in [0, 0.05) is 18.8 Å². The van der Waals surface area contributed by atoms with Crippen LogP contribution in [0.25, 0.3) is 0 Å². The molecule has 1 aliphatic heterocycles. The molecule has 0 atom stereocenters. The van der Waals surface area contributed by atoms with Crippen molar-refractivity contribution in [2.45, 2.75) is 0 Å². The quantitative estimate of drug-likeness (QED) is 0.879. The SMILES string of the molecule is Oc1cccc(/C=N/N2CCN(c3ccccc3)CC2)c1. The molecule has 1 heterocycles. The predicted molar refractivity (Wildman–Crippen MR) is 85.9 cm³/mol. The normalized spacial score (nSPS) is 15.6. The van der Waals surface area contributed by atoms with Crippen LogP contribution in [0.1, 0.15) is 5.56 Å². The molecule has 0 unspecified atom stereocenters. The minimum Gasteiger partial charge on any atom is -0.508 e. The highest BCUT2D eigenvalue weighted by Gasteiger charge is 2.15. The second-order valence-electron chi connectivity index (χ2n) is 5.12. The van der Waals surface area contributed by atoms with Crippen LogP contribution in [0.15, 0.2) is 59.7 Å². The van der Waals surface area contributed by atoms with Crippen molar-refractivity contribution >= 4 is 11.9 Å². The molecular weight excluding hydrogens is 262 g/mol. The second kappa shape index (κ2) is 6.31. The molecule has 0 aromatic heterocycles. The molecule has 4 heteroatoms. The first-order chi connectivity index (χ1) is 10.3. The van der Waals surface area contributed by atoms with Crippen molar-refractivity contribution in [3.8, 4) is 5.75 Å². The maximum Gasteiger partial charge on any atom is 0.116 e. The van der Waals surface area contributed by atoms with E-state index < -0.39 is 0 Å². The topological polar surface area (TPSA) is 39.1 Å². The molecule has 1 fully saturated rings. The summed E-state index contributed by atoms with van der Waals surface area (Å²) < 4.78 is 0. The molecule has 108 valence electrons. The van der Waals surface area contributed by atoms with Crippen molar-refractivity contribution in [1.29, 1.82) is 0 Å². The van der Waals surface area contributed by atoms with Gasteiger partial charge < -0.3 is 10.0 Å². The molecule has 2 aromatic carbocycles. The van der Waals surface area contributed by atoms with Gasteiger partial charge in [-0.15, -0.1) is 0 Å². The Morgan fingerprint density at radius 1 is 0.905 bits per heavy atom. The van der Waals surface area contributed by atoms with Crippen molar-refractivity contribution in [3.05, 3.63) is 60.2 Å². The average molecular weight is 281 g/mol. The molecule has 4 nitrogen and oxygen atoms in total. The number of anilines is 1. The van der Waals surface area contributed by atoms with E-state index in [2.05, 4.69) is 39.3 Å². The summed E-state index contributed by atoms with van der Waals surface area (Å²) in [7, 11) is 0. The number of piperazine rings is 1. The fourth-order valence-corrected chi connectivity index (χ4v) is 2.46. The number of hydrazone groups is 1. The van der Waals surface area contributed by atoms with Crippen molar-refractivity contribution in [2.24, 2.45) is 5.10 Å². The predicted octanol–water partition coefficient (Wildman–Crippen LogP) is 2.55. The summed E-state index contributed by atoms with van der Waals surface area (Å²) in [6.07, 6.45) is 1.80. The summed E-state index contributed by atoms with van der Waals surface area (Å²) >= 11 is 0. The Morgan fingerprint density at radius 2 is 1.67 bits per heavy atom. The van der Waals surface area contributed by atoms with E-state index in [1.54, 1.807) is 18.3 Å². The van der Waals surface area contributed by atoms with Crippen LogP contribution in [0.5, 0.6) is 5.75 Å². The fraction of sp³-hybridized carbons (Fsp3) is 0.235. The number of phenolic OH excluding ortho intramolecular Hbond substituents is 1. The summed E-state index contributed by atoms with van der Waals surface area (Å²) in [5.74, 6) is 0.271. The van der Waals surface area contributed by atoms with E-state index in [1.165, 1.54) is 5.69 Å². The number of hydrogen-bond donors (Lipinski definition) is 1. The van der Waals surface area contributed by atoms with Gasteiger partial charge in [-0.2, -0.15) is 5.10 Å². The Kier molecular flexibility index (Phi) is 4.05. The van der Waals surface area contributed by atoms with Crippen molar-refractivity contribution < 1.29 is 5.11 Å². The number of phenols is 1. The monoisotopic (exact) mass is 281 g/mol. The van der Waals surface area contributed by atoms with Crippen molar-refractivity contribution in [1.82, 2.24) is 5.01 Å². The Labute approximate surface area is 124 Å². The zero-order valence-corrected chi connectivity index (χ0v) is 11.9. The Bertz CT molecular complexity index is 604. The molecule has 0 radical (unpaired) electrons. The molecule has 0 spiro atoms. The maximum atomic E-state index is 9.43. The standard InChI is InChI=1S/C17H19N3O/c21-17-8-4-5-15(13-17)14-18-20-11-9-19(10-12-20)16-6-2-1-3-7-16/h1-8,13-14,21H,9-12H2/b18-14+. The fourth-order valence-electron chi connectivity index (χ4n) is 2.46. The summed E-state index contributed by atoms with van der Waals surface area (Å²) in [6, 6.07) is 17.6. The molecule has 3 rings (SSSR count). The van der Waals surface area contributed by atoms with Gasteiger partial charge >= 0.3 is 0 Å². The molecule has 21 heavy (non-hydrogen) atoms. The maximum absolute atomic E-state index is 9.43.